The number of ether oxygens (including phenoxy) is 1. The van der Waals surface area contributed by atoms with E-state index in [2.05, 4.69) is 17.1 Å². The van der Waals surface area contributed by atoms with Crippen LogP contribution in [0.25, 0.3) is 0 Å². The number of rotatable bonds is 6. The molecule has 1 saturated heterocycles. The molecule has 4 heteroatoms. The van der Waals surface area contributed by atoms with Crippen LogP contribution in [0.4, 0.5) is 0 Å². The van der Waals surface area contributed by atoms with Gasteiger partial charge in [0.1, 0.15) is 0 Å². The van der Waals surface area contributed by atoms with Crippen molar-refractivity contribution >= 4 is 5.97 Å². The fourth-order valence-electron chi connectivity index (χ4n) is 1.74. The molecule has 0 saturated carbocycles. The molecule has 0 aromatic rings. The van der Waals surface area contributed by atoms with Crippen LogP contribution in [-0.4, -0.2) is 48.8 Å². The van der Waals surface area contributed by atoms with E-state index in [1.165, 1.54) is 0 Å². The van der Waals surface area contributed by atoms with Gasteiger partial charge in [0.25, 0.3) is 0 Å². The molecule has 0 aromatic heterocycles. The molecule has 1 heterocycles. The molecule has 1 rings (SSSR count). The Balaban J connectivity index is 2.15. The van der Waals surface area contributed by atoms with Crippen molar-refractivity contribution < 1.29 is 14.6 Å². The van der Waals surface area contributed by atoms with Crippen molar-refractivity contribution in [1.82, 2.24) is 4.90 Å². The topological polar surface area (TPSA) is 49.8 Å². The second kappa shape index (κ2) is 8.03. The Labute approximate surface area is 103 Å². The molecule has 4 nitrogen and oxygen atoms in total. The average molecular weight is 239 g/mol. The van der Waals surface area contributed by atoms with Crippen molar-refractivity contribution in [2.45, 2.75) is 19.8 Å². The fraction of sp³-hybridized carbons (Fsp3) is 0.615. The second-order valence-corrected chi connectivity index (χ2v) is 4.04. The number of hydrogen-bond donors (Lipinski definition) is 1. The quantitative estimate of drug-likeness (QED) is 0.566. The molecule has 1 aliphatic heterocycles. The summed E-state index contributed by atoms with van der Waals surface area (Å²) in [6.45, 7) is 6.30. The maximum absolute atomic E-state index is 10.7. The Kier molecular flexibility index (Phi) is 6.58. The third-order valence-electron chi connectivity index (χ3n) is 2.84. The van der Waals surface area contributed by atoms with E-state index in [9.17, 15) is 4.79 Å². The molecule has 1 fully saturated rings. The standard InChI is InChI=1S/C13H21NO3/c1-2-12(13(15)16)6-4-3-5-7-14-8-10-17-11-9-14/h2-3,5H,4,6-11H2,1H3,(H,15,16)/b5-3+,12-2+. The first-order valence-electron chi connectivity index (χ1n) is 6.07. The van der Waals surface area contributed by atoms with E-state index < -0.39 is 5.97 Å². The normalized spacial score (nSPS) is 18.8. The number of hydrogen-bond acceptors (Lipinski definition) is 3. The Hall–Kier alpha value is -1.13. The lowest BCUT2D eigenvalue weighted by Gasteiger charge is -2.25. The largest absolute Gasteiger partial charge is 0.478 e. The molecule has 0 aromatic carbocycles. The van der Waals surface area contributed by atoms with Crippen LogP contribution in [-0.2, 0) is 9.53 Å². The lowest BCUT2D eigenvalue weighted by molar-refractivity contribution is -0.132. The molecular formula is C13H21NO3. The van der Waals surface area contributed by atoms with E-state index in [4.69, 9.17) is 9.84 Å². The van der Waals surface area contributed by atoms with Gasteiger partial charge in [-0.05, 0) is 19.8 Å². The molecule has 1 N–H and O–H groups in total. The fourth-order valence-corrected chi connectivity index (χ4v) is 1.74. The molecule has 0 radical (unpaired) electrons. The van der Waals surface area contributed by atoms with Crippen LogP contribution >= 0.6 is 0 Å². The average Bonchev–Trinajstić information content (AvgIpc) is 2.34. The van der Waals surface area contributed by atoms with Crippen LogP contribution in [0, 0.1) is 0 Å². The summed E-state index contributed by atoms with van der Waals surface area (Å²) < 4.78 is 5.26. The Morgan fingerprint density at radius 2 is 2.06 bits per heavy atom. The highest BCUT2D eigenvalue weighted by molar-refractivity contribution is 5.86. The number of carboxylic acids is 1. The van der Waals surface area contributed by atoms with E-state index in [1.54, 1.807) is 13.0 Å². The van der Waals surface area contributed by atoms with Crippen LogP contribution in [0.3, 0.4) is 0 Å². The van der Waals surface area contributed by atoms with Crippen LogP contribution in [0.15, 0.2) is 23.8 Å². The van der Waals surface area contributed by atoms with E-state index in [0.29, 0.717) is 12.0 Å². The zero-order valence-corrected chi connectivity index (χ0v) is 10.4. The summed E-state index contributed by atoms with van der Waals surface area (Å²) in [5.41, 5.74) is 0.487. The SMILES string of the molecule is C/C=C(\CC/C=C/CN1CCOCC1)C(=O)O. The molecule has 17 heavy (non-hydrogen) atoms. The number of morpholine rings is 1. The highest BCUT2D eigenvalue weighted by Crippen LogP contribution is 2.06. The van der Waals surface area contributed by atoms with Gasteiger partial charge < -0.3 is 9.84 Å². The van der Waals surface area contributed by atoms with Gasteiger partial charge in [0.2, 0.25) is 0 Å². The third-order valence-corrected chi connectivity index (χ3v) is 2.84. The van der Waals surface area contributed by atoms with Crippen LogP contribution in [0.1, 0.15) is 19.8 Å². The smallest absolute Gasteiger partial charge is 0.331 e. The summed E-state index contributed by atoms with van der Waals surface area (Å²) in [5.74, 6) is -0.811. The van der Waals surface area contributed by atoms with Crippen molar-refractivity contribution in [3.05, 3.63) is 23.8 Å². The molecule has 96 valence electrons. The maximum Gasteiger partial charge on any atom is 0.331 e. The van der Waals surface area contributed by atoms with E-state index in [1.807, 2.05) is 0 Å². The third kappa shape index (κ3) is 5.65. The molecule has 1 aliphatic rings. The molecule has 0 bridgehead atoms. The summed E-state index contributed by atoms with van der Waals surface area (Å²) >= 11 is 0. The van der Waals surface area contributed by atoms with Gasteiger partial charge >= 0.3 is 5.97 Å². The monoisotopic (exact) mass is 239 g/mol. The van der Waals surface area contributed by atoms with Gasteiger partial charge in [-0.25, -0.2) is 4.79 Å². The van der Waals surface area contributed by atoms with Crippen molar-refractivity contribution in [3.63, 3.8) is 0 Å². The summed E-state index contributed by atoms with van der Waals surface area (Å²) in [7, 11) is 0. The predicted octanol–water partition coefficient (Wildman–Crippen LogP) is 1.69. The maximum atomic E-state index is 10.7. The van der Waals surface area contributed by atoms with E-state index in [0.717, 1.165) is 39.3 Å². The van der Waals surface area contributed by atoms with Crippen LogP contribution in [0.2, 0.25) is 0 Å². The minimum Gasteiger partial charge on any atom is -0.478 e. The number of nitrogens with zero attached hydrogens (tertiary/aromatic N) is 1. The van der Waals surface area contributed by atoms with Crippen molar-refractivity contribution in [1.29, 1.82) is 0 Å². The number of carboxylic acid groups (broad SMARTS) is 1. The Morgan fingerprint density at radius 3 is 2.65 bits per heavy atom. The Bertz CT molecular complexity index is 291. The zero-order valence-electron chi connectivity index (χ0n) is 10.4. The highest BCUT2D eigenvalue weighted by Gasteiger charge is 2.07. The number of carbonyl (C=O) groups is 1. The van der Waals surface area contributed by atoms with Crippen LogP contribution in [0.5, 0.6) is 0 Å². The molecule has 0 unspecified atom stereocenters. The predicted molar refractivity (Wildman–Crippen MR) is 67.0 cm³/mol. The van der Waals surface area contributed by atoms with Crippen molar-refractivity contribution in [2.75, 3.05) is 32.8 Å². The van der Waals surface area contributed by atoms with Gasteiger partial charge in [0.05, 0.1) is 13.2 Å². The van der Waals surface area contributed by atoms with Gasteiger partial charge in [-0.15, -0.1) is 0 Å². The first kappa shape index (κ1) is 13.9. The molecule has 0 amide bonds. The number of allylic oxidation sites excluding steroid dienone is 2. The van der Waals surface area contributed by atoms with Gasteiger partial charge in [-0.1, -0.05) is 18.2 Å². The molecule has 0 spiro atoms. The summed E-state index contributed by atoms with van der Waals surface area (Å²) in [4.78, 5) is 13.1. The molecular weight excluding hydrogens is 218 g/mol. The second-order valence-electron chi connectivity index (χ2n) is 4.04. The molecule has 0 atom stereocenters. The van der Waals surface area contributed by atoms with Crippen LogP contribution < -0.4 is 0 Å². The Morgan fingerprint density at radius 1 is 1.35 bits per heavy atom. The van der Waals surface area contributed by atoms with Crippen molar-refractivity contribution in [2.24, 2.45) is 0 Å². The first-order chi connectivity index (χ1) is 8.24. The number of aliphatic carboxylic acids is 1. The minimum atomic E-state index is -0.811. The van der Waals surface area contributed by atoms with Crippen molar-refractivity contribution in [3.8, 4) is 0 Å². The van der Waals surface area contributed by atoms with Gasteiger partial charge in [-0.2, -0.15) is 0 Å². The highest BCUT2D eigenvalue weighted by atomic mass is 16.5. The summed E-state index contributed by atoms with van der Waals surface area (Å²) in [6.07, 6.45) is 7.22. The van der Waals surface area contributed by atoms with E-state index in [-0.39, 0.29) is 0 Å². The molecule has 0 aliphatic carbocycles. The van der Waals surface area contributed by atoms with E-state index >= 15 is 0 Å². The zero-order chi connectivity index (χ0) is 12.5. The lowest BCUT2D eigenvalue weighted by Crippen LogP contribution is -2.36. The van der Waals surface area contributed by atoms with Gasteiger partial charge in [0.15, 0.2) is 0 Å². The first-order valence-corrected chi connectivity index (χ1v) is 6.07. The summed E-state index contributed by atoms with van der Waals surface area (Å²) in [6, 6.07) is 0. The summed E-state index contributed by atoms with van der Waals surface area (Å²) in [5, 5.41) is 8.82. The van der Waals surface area contributed by atoms with Gasteiger partial charge in [0, 0.05) is 25.2 Å². The lowest BCUT2D eigenvalue weighted by atomic mass is 10.1. The minimum absolute atomic E-state index is 0.487. The van der Waals surface area contributed by atoms with Gasteiger partial charge in [-0.3, -0.25) is 4.90 Å².